The minimum Gasteiger partial charge on any atom is -0.0622 e. The molecule has 6 aromatic carbocycles. The molecule has 0 nitrogen and oxygen atoms in total. The fraction of sp³-hybridized carbons (Fsp3) is 0. The van der Waals surface area contributed by atoms with E-state index >= 15 is 0 Å². The van der Waals surface area contributed by atoms with Crippen LogP contribution in [0.15, 0.2) is 146 Å². The molecule has 0 heterocycles. The van der Waals surface area contributed by atoms with Gasteiger partial charge in [0.05, 0.1) is 0 Å². The van der Waals surface area contributed by atoms with Crippen LogP contribution in [0, 0.1) is 6.42 Å². The van der Waals surface area contributed by atoms with Crippen molar-refractivity contribution in [3.8, 4) is 55.6 Å². The average molecular weight is 470 g/mol. The summed E-state index contributed by atoms with van der Waals surface area (Å²) in [5.74, 6) is 0. The zero-order chi connectivity index (χ0) is 24.6. The molecule has 37 heavy (non-hydrogen) atoms. The highest BCUT2D eigenvalue weighted by molar-refractivity contribution is 5.99. The maximum Gasteiger partial charge on any atom is 0.0212 e. The molecule has 0 saturated carbocycles. The van der Waals surface area contributed by atoms with Crippen molar-refractivity contribution < 1.29 is 0 Å². The highest BCUT2D eigenvalue weighted by atomic mass is 14.3. The topological polar surface area (TPSA) is 0 Å². The first-order valence-electron chi connectivity index (χ1n) is 12.8. The van der Waals surface area contributed by atoms with Gasteiger partial charge in [-0.2, -0.15) is 0 Å². The van der Waals surface area contributed by atoms with Crippen LogP contribution in [0.1, 0.15) is 11.1 Å². The summed E-state index contributed by atoms with van der Waals surface area (Å²) in [5.41, 5.74) is 15.2. The first-order valence-corrected chi connectivity index (χ1v) is 12.8. The summed E-state index contributed by atoms with van der Waals surface area (Å²) in [4.78, 5) is 0. The minimum absolute atomic E-state index is 1.24. The van der Waals surface area contributed by atoms with Crippen LogP contribution in [0.3, 0.4) is 0 Å². The number of hydrogen-bond donors (Lipinski definition) is 0. The largest absolute Gasteiger partial charge is 0.0622 e. The summed E-state index contributed by atoms with van der Waals surface area (Å²) in [5, 5.41) is 0. The van der Waals surface area contributed by atoms with E-state index in [0.717, 1.165) is 0 Å². The summed E-state index contributed by atoms with van der Waals surface area (Å²) in [6.45, 7) is 0. The highest BCUT2D eigenvalue weighted by Crippen LogP contribution is 2.49. The molecular weight excluding hydrogens is 444 g/mol. The Hall–Kier alpha value is -4.68. The lowest BCUT2D eigenvalue weighted by molar-refractivity contribution is 1.51. The normalized spacial score (nSPS) is 11.7. The standard InChI is InChI=1S/C37H25/c1-5-13-26(14-6-1)30-21-32-22-31-24-33(27-15-7-2-8-16-27)34(28-17-9-3-10-18-28)25-36(31)37(32)35(23-30)29-19-11-4-12-20-29/h1-25H. The van der Waals surface area contributed by atoms with Gasteiger partial charge in [0.2, 0.25) is 0 Å². The van der Waals surface area contributed by atoms with E-state index in [1.54, 1.807) is 0 Å². The van der Waals surface area contributed by atoms with Gasteiger partial charge in [0.15, 0.2) is 0 Å². The molecule has 0 fully saturated rings. The van der Waals surface area contributed by atoms with E-state index in [0.29, 0.717) is 0 Å². The Morgan fingerprint density at radius 2 is 0.730 bits per heavy atom. The van der Waals surface area contributed by atoms with Crippen molar-refractivity contribution in [1.29, 1.82) is 0 Å². The van der Waals surface area contributed by atoms with Crippen LogP contribution < -0.4 is 0 Å². The molecule has 0 saturated heterocycles. The SMILES string of the molecule is [CH]1c2cc(-c3ccccc3)c(-c3ccccc3)cc2-c2c1cc(-c1ccccc1)cc2-c1ccccc1. The summed E-state index contributed by atoms with van der Waals surface area (Å²) in [7, 11) is 0. The zero-order valence-electron chi connectivity index (χ0n) is 20.4. The van der Waals surface area contributed by atoms with Gasteiger partial charge in [-0.15, -0.1) is 0 Å². The van der Waals surface area contributed by atoms with E-state index in [-0.39, 0.29) is 0 Å². The molecule has 0 aliphatic heterocycles. The van der Waals surface area contributed by atoms with Gasteiger partial charge in [-0.05, 0) is 91.0 Å². The van der Waals surface area contributed by atoms with Gasteiger partial charge in [0.25, 0.3) is 0 Å². The fourth-order valence-corrected chi connectivity index (χ4v) is 5.55. The Bertz CT molecular complexity index is 1700. The lowest BCUT2D eigenvalue weighted by Crippen LogP contribution is -1.91. The molecule has 1 radical (unpaired) electrons. The third-order valence-electron chi connectivity index (χ3n) is 7.30. The summed E-state index contributed by atoms with van der Waals surface area (Å²) < 4.78 is 0. The first kappa shape index (κ1) is 21.6. The van der Waals surface area contributed by atoms with E-state index in [1.807, 2.05) is 0 Å². The zero-order valence-corrected chi connectivity index (χ0v) is 20.4. The Morgan fingerprint density at radius 1 is 0.270 bits per heavy atom. The number of rotatable bonds is 4. The van der Waals surface area contributed by atoms with Crippen LogP contribution in [0.5, 0.6) is 0 Å². The summed E-state index contributed by atoms with van der Waals surface area (Å²) in [6, 6.07) is 52.5. The van der Waals surface area contributed by atoms with Gasteiger partial charge in [-0.1, -0.05) is 121 Å². The molecule has 0 atom stereocenters. The van der Waals surface area contributed by atoms with Crippen molar-refractivity contribution in [2.24, 2.45) is 0 Å². The molecule has 0 amide bonds. The predicted octanol–water partition coefficient (Wildman–Crippen LogP) is 9.94. The van der Waals surface area contributed by atoms with Crippen LogP contribution in [-0.4, -0.2) is 0 Å². The van der Waals surface area contributed by atoms with E-state index < -0.39 is 0 Å². The lowest BCUT2D eigenvalue weighted by Gasteiger charge is -2.16. The number of fused-ring (bicyclic) bond motifs is 3. The van der Waals surface area contributed by atoms with Crippen LogP contribution in [0.2, 0.25) is 0 Å². The van der Waals surface area contributed by atoms with Gasteiger partial charge in [0, 0.05) is 6.42 Å². The van der Waals surface area contributed by atoms with E-state index in [4.69, 9.17) is 0 Å². The second kappa shape index (κ2) is 9.08. The Kier molecular flexibility index (Phi) is 5.30. The second-order valence-corrected chi connectivity index (χ2v) is 9.58. The smallest absolute Gasteiger partial charge is 0.0212 e. The van der Waals surface area contributed by atoms with Crippen LogP contribution in [-0.2, 0) is 0 Å². The summed E-state index contributed by atoms with van der Waals surface area (Å²) >= 11 is 0. The molecule has 0 spiro atoms. The van der Waals surface area contributed by atoms with Gasteiger partial charge in [-0.25, -0.2) is 0 Å². The number of benzene rings is 6. The quantitative estimate of drug-likeness (QED) is 0.241. The van der Waals surface area contributed by atoms with Crippen molar-refractivity contribution in [2.45, 2.75) is 0 Å². The first-order chi connectivity index (χ1) is 18.3. The Labute approximate surface area is 218 Å². The average Bonchev–Trinajstić information content (AvgIpc) is 3.35. The molecule has 1 aliphatic rings. The van der Waals surface area contributed by atoms with Gasteiger partial charge >= 0.3 is 0 Å². The van der Waals surface area contributed by atoms with Crippen LogP contribution in [0.25, 0.3) is 55.6 Å². The van der Waals surface area contributed by atoms with E-state index in [2.05, 4.69) is 152 Å². The molecule has 6 aromatic rings. The number of hydrogen-bond acceptors (Lipinski definition) is 0. The van der Waals surface area contributed by atoms with Crippen LogP contribution >= 0.6 is 0 Å². The Morgan fingerprint density at radius 3 is 1.27 bits per heavy atom. The maximum absolute atomic E-state index is 2.41. The molecule has 0 bridgehead atoms. The third-order valence-corrected chi connectivity index (χ3v) is 7.30. The van der Waals surface area contributed by atoms with Crippen molar-refractivity contribution in [3.63, 3.8) is 0 Å². The molecule has 0 heteroatoms. The van der Waals surface area contributed by atoms with Gasteiger partial charge < -0.3 is 0 Å². The minimum atomic E-state index is 1.24. The molecule has 0 aromatic heterocycles. The molecular formula is C37H25. The highest BCUT2D eigenvalue weighted by Gasteiger charge is 2.26. The Balaban J connectivity index is 1.50. The van der Waals surface area contributed by atoms with Crippen LogP contribution in [0.4, 0.5) is 0 Å². The molecule has 7 rings (SSSR count). The maximum atomic E-state index is 2.41. The predicted molar refractivity (Wildman–Crippen MR) is 156 cm³/mol. The molecule has 1 aliphatic carbocycles. The van der Waals surface area contributed by atoms with Crippen molar-refractivity contribution in [2.75, 3.05) is 0 Å². The lowest BCUT2D eigenvalue weighted by atomic mass is 9.87. The third kappa shape index (κ3) is 3.88. The van der Waals surface area contributed by atoms with Crippen molar-refractivity contribution in [1.82, 2.24) is 0 Å². The molecule has 0 N–H and O–H groups in total. The van der Waals surface area contributed by atoms with Gasteiger partial charge in [-0.3, -0.25) is 0 Å². The van der Waals surface area contributed by atoms with E-state index in [9.17, 15) is 0 Å². The molecule has 173 valence electrons. The van der Waals surface area contributed by atoms with Gasteiger partial charge in [0.1, 0.15) is 0 Å². The van der Waals surface area contributed by atoms with Crippen molar-refractivity contribution >= 4 is 0 Å². The second-order valence-electron chi connectivity index (χ2n) is 9.58. The van der Waals surface area contributed by atoms with Crippen molar-refractivity contribution in [3.05, 3.63) is 163 Å². The summed E-state index contributed by atoms with van der Waals surface area (Å²) in [6.07, 6.45) is 2.37. The molecule has 0 unspecified atom stereocenters. The monoisotopic (exact) mass is 469 g/mol. The van der Waals surface area contributed by atoms with E-state index in [1.165, 1.54) is 66.8 Å². The fourth-order valence-electron chi connectivity index (χ4n) is 5.55.